The summed E-state index contributed by atoms with van der Waals surface area (Å²) in [6.45, 7) is 4.36. The molecule has 18 heavy (non-hydrogen) atoms. The smallest absolute Gasteiger partial charge is 0.129 e. The maximum Gasteiger partial charge on any atom is 0.129 e. The fraction of sp³-hybridized carbons (Fsp3) is 0.600. The van der Waals surface area contributed by atoms with E-state index in [4.69, 9.17) is 4.74 Å². The number of aliphatic hydroxyl groups excluding tert-OH is 1. The maximum absolute atomic E-state index is 13.9. The summed E-state index contributed by atoms with van der Waals surface area (Å²) in [5.74, 6) is -0.348. The van der Waals surface area contributed by atoms with E-state index in [0.717, 1.165) is 31.2 Å². The molecule has 0 aliphatic heterocycles. The molecule has 1 aliphatic rings. The van der Waals surface area contributed by atoms with Crippen molar-refractivity contribution in [1.29, 1.82) is 0 Å². The van der Waals surface area contributed by atoms with Gasteiger partial charge in [0.1, 0.15) is 11.9 Å². The minimum absolute atomic E-state index is 0.348. The van der Waals surface area contributed by atoms with Gasteiger partial charge in [-0.2, -0.15) is 0 Å². The van der Waals surface area contributed by atoms with E-state index in [0.29, 0.717) is 12.2 Å². The predicted molar refractivity (Wildman–Crippen MR) is 68.9 cm³/mol. The Morgan fingerprint density at radius 2 is 2.06 bits per heavy atom. The molecule has 0 aromatic heterocycles. The molecule has 0 heterocycles. The third-order valence-corrected chi connectivity index (χ3v) is 3.83. The van der Waals surface area contributed by atoms with E-state index in [9.17, 15) is 9.50 Å². The van der Waals surface area contributed by atoms with Gasteiger partial charge in [-0.25, -0.2) is 4.39 Å². The molecule has 2 nitrogen and oxygen atoms in total. The number of hydrogen-bond donors (Lipinski definition) is 1. The molecule has 1 fully saturated rings. The van der Waals surface area contributed by atoms with Gasteiger partial charge in [-0.1, -0.05) is 30.5 Å². The summed E-state index contributed by atoms with van der Waals surface area (Å²) >= 11 is 0. The Balaban J connectivity index is 2.33. The first-order valence-corrected chi connectivity index (χ1v) is 6.67. The lowest BCUT2D eigenvalue weighted by molar-refractivity contribution is -0.119. The van der Waals surface area contributed by atoms with E-state index < -0.39 is 11.7 Å². The van der Waals surface area contributed by atoms with E-state index in [1.54, 1.807) is 12.1 Å². The van der Waals surface area contributed by atoms with Crippen molar-refractivity contribution in [2.45, 2.75) is 51.2 Å². The topological polar surface area (TPSA) is 29.5 Å². The van der Waals surface area contributed by atoms with Crippen LogP contribution in [0.1, 0.15) is 49.8 Å². The van der Waals surface area contributed by atoms with Gasteiger partial charge in [0.05, 0.1) is 5.60 Å². The van der Waals surface area contributed by atoms with Gasteiger partial charge in [-0.15, -0.1) is 0 Å². The van der Waals surface area contributed by atoms with Crippen LogP contribution in [0.15, 0.2) is 18.2 Å². The summed E-state index contributed by atoms with van der Waals surface area (Å²) in [4.78, 5) is 0. The number of hydrogen-bond acceptors (Lipinski definition) is 2. The molecule has 1 N–H and O–H groups in total. The van der Waals surface area contributed by atoms with Gasteiger partial charge in [-0.05, 0) is 32.8 Å². The highest BCUT2D eigenvalue weighted by Gasteiger charge is 2.43. The number of ether oxygens (including phenoxy) is 1. The number of aliphatic hydroxyl groups is 1. The van der Waals surface area contributed by atoms with Crippen molar-refractivity contribution < 1.29 is 14.2 Å². The molecule has 0 amide bonds. The normalized spacial score (nSPS) is 20.0. The fourth-order valence-electron chi connectivity index (χ4n) is 2.91. The van der Waals surface area contributed by atoms with Crippen LogP contribution in [-0.4, -0.2) is 17.3 Å². The van der Waals surface area contributed by atoms with Crippen molar-refractivity contribution >= 4 is 0 Å². The number of rotatable bonds is 4. The molecule has 1 atom stereocenters. The molecular weight excluding hydrogens is 231 g/mol. The second-order valence-corrected chi connectivity index (χ2v) is 5.13. The Hall–Kier alpha value is -0.930. The highest BCUT2D eigenvalue weighted by atomic mass is 19.1. The third-order valence-electron chi connectivity index (χ3n) is 3.83. The van der Waals surface area contributed by atoms with Crippen molar-refractivity contribution in [1.82, 2.24) is 0 Å². The molecule has 1 aromatic carbocycles. The summed E-state index contributed by atoms with van der Waals surface area (Å²) in [5, 5.41) is 10.5. The molecule has 2 rings (SSSR count). The van der Waals surface area contributed by atoms with Crippen molar-refractivity contribution in [2.24, 2.45) is 0 Å². The van der Waals surface area contributed by atoms with E-state index in [2.05, 4.69) is 0 Å². The average Bonchev–Trinajstić information content (AvgIpc) is 2.82. The molecule has 1 unspecified atom stereocenters. The van der Waals surface area contributed by atoms with Gasteiger partial charge in [0.25, 0.3) is 0 Å². The molecule has 0 bridgehead atoms. The average molecular weight is 252 g/mol. The van der Waals surface area contributed by atoms with Crippen LogP contribution in [0.5, 0.6) is 0 Å². The van der Waals surface area contributed by atoms with Crippen molar-refractivity contribution in [3.63, 3.8) is 0 Å². The zero-order valence-electron chi connectivity index (χ0n) is 11.1. The molecule has 3 heteroatoms. The maximum atomic E-state index is 13.9. The zero-order chi connectivity index (χ0) is 13.2. The lowest BCUT2D eigenvalue weighted by Gasteiger charge is -2.34. The highest BCUT2D eigenvalue weighted by molar-refractivity contribution is 5.28. The monoisotopic (exact) mass is 252 g/mol. The van der Waals surface area contributed by atoms with Crippen molar-refractivity contribution in [3.8, 4) is 0 Å². The van der Waals surface area contributed by atoms with Crippen LogP contribution in [0.3, 0.4) is 0 Å². The Labute approximate surface area is 108 Å². The largest absolute Gasteiger partial charge is 0.385 e. The van der Waals surface area contributed by atoms with Crippen LogP contribution >= 0.6 is 0 Å². The standard InChI is InChI=1S/C15H21FO2/c1-3-18-15(8-4-5-9-15)14(17)12-10-11(2)6-7-13(12)16/h6-7,10,14,17H,3-5,8-9H2,1-2H3. The van der Waals surface area contributed by atoms with E-state index in [1.807, 2.05) is 13.8 Å². The third kappa shape index (κ3) is 2.43. The fourth-order valence-corrected chi connectivity index (χ4v) is 2.91. The van der Waals surface area contributed by atoms with Crippen LogP contribution in [0.4, 0.5) is 4.39 Å². The quantitative estimate of drug-likeness (QED) is 0.888. The van der Waals surface area contributed by atoms with Gasteiger partial charge in [0.15, 0.2) is 0 Å². The summed E-state index contributed by atoms with van der Waals surface area (Å²) in [5.41, 5.74) is 0.726. The first-order valence-electron chi connectivity index (χ1n) is 6.67. The van der Waals surface area contributed by atoms with E-state index in [-0.39, 0.29) is 5.82 Å². The van der Waals surface area contributed by atoms with E-state index >= 15 is 0 Å². The van der Waals surface area contributed by atoms with Crippen LogP contribution in [0, 0.1) is 12.7 Å². The Morgan fingerprint density at radius 1 is 1.39 bits per heavy atom. The summed E-state index contributed by atoms with van der Waals surface area (Å²) < 4.78 is 19.7. The second kappa shape index (κ2) is 5.37. The summed E-state index contributed by atoms with van der Waals surface area (Å²) in [6.07, 6.45) is 2.79. The highest BCUT2D eigenvalue weighted by Crippen LogP contribution is 2.43. The van der Waals surface area contributed by atoms with Crippen molar-refractivity contribution in [2.75, 3.05) is 6.61 Å². The van der Waals surface area contributed by atoms with E-state index in [1.165, 1.54) is 6.07 Å². The van der Waals surface area contributed by atoms with Gasteiger partial charge >= 0.3 is 0 Å². The van der Waals surface area contributed by atoms with Crippen molar-refractivity contribution in [3.05, 3.63) is 35.1 Å². The minimum Gasteiger partial charge on any atom is -0.385 e. The predicted octanol–water partition coefficient (Wildman–Crippen LogP) is 3.52. The Kier molecular flexibility index (Phi) is 4.03. The number of halogens is 1. The summed E-state index contributed by atoms with van der Waals surface area (Å²) in [6, 6.07) is 4.86. The molecule has 1 aromatic rings. The first-order chi connectivity index (χ1) is 8.59. The minimum atomic E-state index is -0.875. The Morgan fingerprint density at radius 3 is 2.67 bits per heavy atom. The molecule has 1 saturated carbocycles. The second-order valence-electron chi connectivity index (χ2n) is 5.13. The Bertz CT molecular complexity index is 411. The van der Waals surface area contributed by atoms with Crippen LogP contribution in [-0.2, 0) is 4.74 Å². The lowest BCUT2D eigenvalue weighted by Crippen LogP contribution is -2.37. The molecular formula is C15H21FO2. The van der Waals surface area contributed by atoms with Gasteiger partial charge in [0, 0.05) is 12.2 Å². The van der Waals surface area contributed by atoms with Crippen LogP contribution in [0.2, 0.25) is 0 Å². The first kappa shape index (κ1) is 13.5. The number of aryl methyl sites for hydroxylation is 1. The number of benzene rings is 1. The molecule has 1 aliphatic carbocycles. The molecule has 0 saturated heterocycles. The molecule has 0 spiro atoms. The molecule has 100 valence electrons. The lowest BCUT2D eigenvalue weighted by atomic mass is 9.88. The summed E-state index contributed by atoms with van der Waals surface area (Å²) in [7, 11) is 0. The van der Waals surface area contributed by atoms with Gasteiger partial charge < -0.3 is 9.84 Å². The van der Waals surface area contributed by atoms with Gasteiger partial charge in [0.2, 0.25) is 0 Å². The zero-order valence-corrected chi connectivity index (χ0v) is 11.1. The van der Waals surface area contributed by atoms with Crippen LogP contribution < -0.4 is 0 Å². The van der Waals surface area contributed by atoms with Gasteiger partial charge in [-0.3, -0.25) is 0 Å². The van der Waals surface area contributed by atoms with Crippen LogP contribution in [0.25, 0.3) is 0 Å². The SMILES string of the molecule is CCOC1(C(O)c2cc(C)ccc2F)CCCC1. The molecule has 0 radical (unpaired) electrons.